The average Bonchev–Trinajstić information content (AvgIpc) is 2.29. The number of hydrogen-bond donors (Lipinski definition) is 0. The molecule has 0 aliphatic heterocycles. The van der Waals surface area contributed by atoms with Crippen LogP contribution in [0.1, 0.15) is 34.1 Å². The quantitative estimate of drug-likeness (QED) is 0.336. The van der Waals surface area contributed by atoms with Crippen LogP contribution in [-0.4, -0.2) is 28.4 Å². The summed E-state index contributed by atoms with van der Waals surface area (Å²) < 4.78 is 17.0. The number of allylic oxidation sites excluding steroid dienone is 1. The summed E-state index contributed by atoms with van der Waals surface area (Å²) in [5.74, 6) is 0. The van der Waals surface area contributed by atoms with Gasteiger partial charge in [0.05, 0.1) is 12.9 Å². The fourth-order valence-corrected chi connectivity index (χ4v) is 4.55. The Morgan fingerprint density at radius 2 is 1.69 bits per heavy atom. The number of hydrogen-bond acceptors (Lipinski definition) is 3. The molecule has 4 heteroatoms. The average molecular weight is 246 g/mol. The van der Waals surface area contributed by atoms with E-state index in [1.165, 1.54) is 0 Å². The molecule has 0 heterocycles. The topological polar surface area (TPSA) is 27.7 Å². The first-order chi connectivity index (χ1) is 7.74. The van der Waals surface area contributed by atoms with Crippen molar-refractivity contribution in [3.8, 4) is 0 Å². The van der Waals surface area contributed by atoms with E-state index in [4.69, 9.17) is 13.6 Å². The molecule has 0 saturated carbocycles. The molecule has 0 N–H and O–H groups in total. The van der Waals surface area contributed by atoms with Crippen LogP contribution in [0.15, 0.2) is 12.3 Å². The van der Waals surface area contributed by atoms with E-state index in [9.17, 15) is 0 Å². The molecular formula is C12H26O3Si. The lowest BCUT2D eigenvalue weighted by Gasteiger charge is -2.28. The van der Waals surface area contributed by atoms with Gasteiger partial charge in [0.2, 0.25) is 0 Å². The summed E-state index contributed by atoms with van der Waals surface area (Å²) in [6, 6.07) is 2.03. The van der Waals surface area contributed by atoms with Crippen molar-refractivity contribution >= 4 is 8.56 Å². The van der Waals surface area contributed by atoms with Crippen LogP contribution in [0.3, 0.4) is 0 Å². The van der Waals surface area contributed by atoms with Crippen molar-refractivity contribution in [2.45, 2.75) is 46.2 Å². The Labute approximate surface area is 101 Å². The highest BCUT2D eigenvalue weighted by molar-refractivity contribution is 6.67. The highest BCUT2D eigenvalue weighted by Gasteiger charge is 2.34. The summed E-state index contributed by atoms with van der Waals surface area (Å²) in [5.41, 5.74) is 0. The van der Waals surface area contributed by atoms with Gasteiger partial charge in [-0.15, -0.1) is 0 Å². The summed E-state index contributed by atoms with van der Waals surface area (Å²) in [4.78, 5) is 0. The third kappa shape index (κ3) is 6.30. The minimum atomic E-state index is -1.93. The number of rotatable bonds is 10. The first kappa shape index (κ1) is 15.7. The zero-order valence-corrected chi connectivity index (χ0v) is 12.1. The fourth-order valence-electron chi connectivity index (χ4n) is 1.68. The zero-order valence-electron chi connectivity index (χ0n) is 11.1. The molecule has 0 aliphatic rings. The van der Waals surface area contributed by atoms with E-state index in [0.717, 1.165) is 38.3 Å². The highest BCUT2D eigenvalue weighted by atomic mass is 28.4. The third-order valence-corrected chi connectivity index (χ3v) is 6.23. The van der Waals surface area contributed by atoms with Crippen LogP contribution in [0.4, 0.5) is 0 Å². The van der Waals surface area contributed by atoms with Crippen molar-refractivity contribution in [2.75, 3.05) is 19.8 Å². The van der Waals surface area contributed by atoms with E-state index >= 15 is 0 Å². The zero-order chi connectivity index (χ0) is 12.3. The Morgan fingerprint density at radius 1 is 1.06 bits per heavy atom. The van der Waals surface area contributed by atoms with Crippen LogP contribution in [-0.2, 0) is 13.6 Å². The SMILES string of the molecule is CC=COCCC[Si](CC)(OCC)OCC. The van der Waals surface area contributed by atoms with Gasteiger partial charge in [-0.25, -0.2) is 0 Å². The molecule has 0 rings (SSSR count). The molecule has 3 nitrogen and oxygen atoms in total. The third-order valence-electron chi connectivity index (χ3n) is 2.41. The molecular weight excluding hydrogens is 220 g/mol. The van der Waals surface area contributed by atoms with E-state index in [2.05, 4.69) is 6.92 Å². The van der Waals surface area contributed by atoms with Crippen molar-refractivity contribution in [1.82, 2.24) is 0 Å². The van der Waals surface area contributed by atoms with E-state index < -0.39 is 8.56 Å². The maximum absolute atomic E-state index is 5.87. The van der Waals surface area contributed by atoms with E-state index in [0.29, 0.717) is 0 Å². The van der Waals surface area contributed by atoms with Gasteiger partial charge in [0.15, 0.2) is 0 Å². The Hall–Kier alpha value is -0.323. The number of ether oxygens (including phenoxy) is 1. The molecule has 16 heavy (non-hydrogen) atoms. The van der Waals surface area contributed by atoms with Crippen molar-refractivity contribution in [1.29, 1.82) is 0 Å². The summed E-state index contributed by atoms with van der Waals surface area (Å²) >= 11 is 0. The van der Waals surface area contributed by atoms with Crippen LogP contribution >= 0.6 is 0 Å². The molecule has 0 spiro atoms. The van der Waals surface area contributed by atoms with Crippen LogP contribution in [0, 0.1) is 0 Å². The molecule has 0 aromatic carbocycles. The second-order valence-corrected chi connectivity index (χ2v) is 7.18. The first-order valence-corrected chi connectivity index (χ1v) is 8.48. The smallest absolute Gasteiger partial charge is 0.337 e. The van der Waals surface area contributed by atoms with Crippen LogP contribution in [0.2, 0.25) is 12.1 Å². The lowest BCUT2D eigenvalue weighted by molar-refractivity contribution is 0.177. The largest absolute Gasteiger partial charge is 0.502 e. The van der Waals surface area contributed by atoms with Gasteiger partial charge in [-0.2, -0.15) is 0 Å². The van der Waals surface area contributed by atoms with Gasteiger partial charge in [0.1, 0.15) is 0 Å². The summed E-state index contributed by atoms with van der Waals surface area (Å²) in [5, 5.41) is 0. The summed E-state index contributed by atoms with van der Waals surface area (Å²) in [6.07, 6.45) is 4.64. The molecule has 0 aromatic rings. The van der Waals surface area contributed by atoms with Gasteiger partial charge in [0.25, 0.3) is 0 Å². The maximum Gasteiger partial charge on any atom is 0.337 e. The monoisotopic (exact) mass is 246 g/mol. The second-order valence-electron chi connectivity index (χ2n) is 3.57. The van der Waals surface area contributed by atoms with Gasteiger partial charge in [0, 0.05) is 13.2 Å². The molecule has 0 saturated heterocycles. The molecule has 0 radical (unpaired) electrons. The van der Waals surface area contributed by atoms with Gasteiger partial charge < -0.3 is 13.6 Å². The van der Waals surface area contributed by atoms with Crippen molar-refractivity contribution < 1.29 is 13.6 Å². The van der Waals surface area contributed by atoms with Gasteiger partial charge in [-0.3, -0.25) is 0 Å². The lowest BCUT2D eigenvalue weighted by atomic mass is 10.5. The Balaban J connectivity index is 3.98. The van der Waals surface area contributed by atoms with Crippen molar-refractivity contribution in [2.24, 2.45) is 0 Å². The molecule has 96 valence electrons. The van der Waals surface area contributed by atoms with Gasteiger partial charge in [-0.05, 0) is 39.3 Å². The molecule has 0 fully saturated rings. The van der Waals surface area contributed by atoms with Gasteiger partial charge >= 0.3 is 8.56 Å². The Kier molecular flexibility index (Phi) is 9.67. The minimum absolute atomic E-state index is 0.746. The highest BCUT2D eigenvalue weighted by Crippen LogP contribution is 2.20. The second kappa shape index (κ2) is 9.87. The fraction of sp³-hybridized carbons (Fsp3) is 0.833. The van der Waals surface area contributed by atoms with E-state index in [1.807, 2.05) is 26.8 Å². The summed E-state index contributed by atoms with van der Waals surface area (Å²) in [6.45, 7) is 10.4. The van der Waals surface area contributed by atoms with Crippen LogP contribution in [0.25, 0.3) is 0 Å². The standard InChI is InChI=1S/C12H26O3Si/c1-5-10-13-11-9-12-16(8-4,14-6-2)15-7-3/h5,10H,6-9,11-12H2,1-4H3. The van der Waals surface area contributed by atoms with Gasteiger partial charge in [-0.1, -0.05) is 13.0 Å². The van der Waals surface area contributed by atoms with Crippen molar-refractivity contribution in [3.05, 3.63) is 12.3 Å². The van der Waals surface area contributed by atoms with Crippen LogP contribution < -0.4 is 0 Å². The van der Waals surface area contributed by atoms with E-state index in [-0.39, 0.29) is 0 Å². The minimum Gasteiger partial charge on any atom is -0.502 e. The molecule has 0 aromatic heterocycles. The van der Waals surface area contributed by atoms with Crippen LogP contribution in [0.5, 0.6) is 0 Å². The maximum atomic E-state index is 5.87. The lowest BCUT2D eigenvalue weighted by Crippen LogP contribution is -2.41. The Morgan fingerprint density at radius 3 is 2.12 bits per heavy atom. The molecule has 0 amide bonds. The molecule has 0 bridgehead atoms. The van der Waals surface area contributed by atoms with Crippen molar-refractivity contribution in [3.63, 3.8) is 0 Å². The molecule has 0 atom stereocenters. The predicted octanol–water partition coefficient (Wildman–Crippen LogP) is 3.46. The molecule has 0 aliphatic carbocycles. The molecule has 0 unspecified atom stereocenters. The predicted molar refractivity (Wildman–Crippen MR) is 69.7 cm³/mol. The first-order valence-electron chi connectivity index (χ1n) is 6.25. The normalized spacial score (nSPS) is 12.2. The Bertz CT molecular complexity index is 177. The summed E-state index contributed by atoms with van der Waals surface area (Å²) in [7, 11) is -1.93. The van der Waals surface area contributed by atoms with E-state index in [1.54, 1.807) is 6.26 Å².